The molecule has 29 heavy (non-hydrogen) atoms. The van der Waals surface area contributed by atoms with Crippen LogP contribution in [0, 0.1) is 6.92 Å². The Labute approximate surface area is 170 Å². The number of fused-ring (bicyclic) bond motifs is 1. The lowest BCUT2D eigenvalue weighted by molar-refractivity contribution is -0.132. The van der Waals surface area contributed by atoms with Crippen LogP contribution >= 0.6 is 11.3 Å². The Kier molecular flexibility index (Phi) is 5.23. The van der Waals surface area contributed by atoms with Crippen molar-refractivity contribution in [3.05, 3.63) is 50.4 Å². The Balaban J connectivity index is 1.65. The van der Waals surface area contributed by atoms with Crippen LogP contribution in [0.1, 0.15) is 46.8 Å². The van der Waals surface area contributed by atoms with E-state index in [9.17, 15) is 14.4 Å². The number of furan rings is 1. The monoisotopic (exact) mass is 415 g/mol. The van der Waals surface area contributed by atoms with Gasteiger partial charge in [0.25, 0.3) is 5.56 Å². The quantitative estimate of drug-likeness (QED) is 0.595. The Morgan fingerprint density at radius 1 is 1.41 bits per heavy atom. The zero-order valence-electron chi connectivity index (χ0n) is 16.2. The molecule has 3 aromatic rings. The van der Waals surface area contributed by atoms with Gasteiger partial charge >= 0.3 is 5.97 Å². The first-order valence-electron chi connectivity index (χ1n) is 9.49. The van der Waals surface area contributed by atoms with E-state index in [1.807, 2.05) is 22.4 Å². The van der Waals surface area contributed by atoms with Crippen LogP contribution in [-0.4, -0.2) is 39.5 Å². The number of likely N-dealkylation sites (tertiary alicyclic amines) is 1. The average molecular weight is 415 g/mol. The van der Waals surface area contributed by atoms with Crippen molar-refractivity contribution < 1.29 is 18.7 Å². The maximum absolute atomic E-state index is 13.0. The molecule has 1 aliphatic rings. The summed E-state index contributed by atoms with van der Waals surface area (Å²) in [4.78, 5) is 45.4. The van der Waals surface area contributed by atoms with Crippen LogP contribution in [0.3, 0.4) is 0 Å². The van der Waals surface area contributed by atoms with Gasteiger partial charge in [0.2, 0.25) is 11.6 Å². The molecular formula is C20H21N3O5S. The summed E-state index contributed by atoms with van der Waals surface area (Å²) in [5, 5.41) is 2.05. The third-order valence-electron chi connectivity index (χ3n) is 5.08. The Bertz CT molecular complexity index is 1120. The second-order valence-electron chi connectivity index (χ2n) is 6.87. The average Bonchev–Trinajstić information content (AvgIpc) is 3.42. The van der Waals surface area contributed by atoms with Gasteiger partial charge in [0, 0.05) is 11.4 Å². The number of esters is 1. The van der Waals surface area contributed by atoms with Crippen LogP contribution in [0.2, 0.25) is 0 Å². The van der Waals surface area contributed by atoms with Crippen molar-refractivity contribution in [1.29, 1.82) is 0 Å². The summed E-state index contributed by atoms with van der Waals surface area (Å²) >= 11 is 1.63. The zero-order chi connectivity index (χ0) is 20.5. The first-order valence-corrected chi connectivity index (χ1v) is 10.4. The Morgan fingerprint density at radius 2 is 2.24 bits per heavy atom. The standard InChI is InChI=1S/C20H21N3O5S/c1-3-27-20(26)16-12(2)28-18-17(16)19(25)22(11-21-18)10-15(24)23-8-4-6-13(23)14-7-5-9-29-14/h5,7,9,11,13H,3-4,6,8,10H2,1-2H3. The number of rotatable bonds is 5. The van der Waals surface area contributed by atoms with Crippen molar-refractivity contribution in [2.24, 2.45) is 0 Å². The molecule has 3 aromatic heterocycles. The Morgan fingerprint density at radius 3 is 2.97 bits per heavy atom. The highest BCUT2D eigenvalue weighted by molar-refractivity contribution is 7.10. The number of nitrogens with zero attached hydrogens (tertiary/aromatic N) is 3. The number of carbonyl (C=O) groups is 2. The zero-order valence-corrected chi connectivity index (χ0v) is 17.0. The molecule has 0 saturated carbocycles. The van der Waals surface area contributed by atoms with Gasteiger partial charge in [0.1, 0.15) is 29.6 Å². The van der Waals surface area contributed by atoms with Crippen molar-refractivity contribution in [3.8, 4) is 0 Å². The van der Waals surface area contributed by atoms with E-state index in [4.69, 9.17) is 9.15 Å². The maximum Gasteiger partial charge on any atom is 0.342 e. The van der Waals surface area contributed by atoms with E-state index in [2.05, 4.69) is 4.98 Å². The highest BCUT2D eigenvalue weighted by atomic mass is 32.1. The normalized spacial score (nSPS) is 16.5. The van der Waals surface area contributed by atoms with Gasteiger partial charge in [-0.1, -0.05) is 6.07 Å². The molecule has 1 unspecified atom stereocenters. The van der Waals surface area contributed by atoms with Crippen LogP contribution in [0.4, 0.5) is 0 Å². The number of aryl methyl sites for hydroxylation is 1. The molecule has 4 rings (SSSR count). The number of ether oxygens (including phenoxy) is 1. The fourth-order valence-electron chi connectivity index (χ4n) is 3.78. The summed E-state index contributed by atoms with van der Waals surface area (Å²) in [6.07, 6.45) is 3.12. The lowest BCUT2D eigenvalue weighted by atomic mass is 10.2. The third-order valence-corrected chi connectivity index (χ3v) is 6.06. The minimum Gasteiger partial charge on any atom is -0.462 e. The van der Waals surface area contributed by atoms with Crippen molar-refractivity contribution in [1.82, 2.24) is 14.5 Å². The van der Waals surface area contributed by atoms with E-state index < -0.39 is 11.5 Å². The largest absolute Gasteiger partial charge is 0.462 e. The molecule has 0 N–H and O–H groups in total. The van der Waals surface area contributed by atoms with E-state index in [0.29, 0.717) is 6.54 Å². The topological polar surface area (TPSA) is 94.6 Å². The van der Waals surface area contributed by atoms with E-state index in [0.717, 1.165) is 17.7 Å². The molecule has 0 bridgehead atoms. The molecule has 0 spiro atoms. The minimum absolute atomic E-state index is 0.0427. The summed E-state index contributed by atoms with van der Waals surface area (Å²) in [6, 6.07) is 4.04. The van der Waals surface area contributed by atoms with Gasteiger partial charge in [0.15, 0.2) is 0 Å². The molecule has 9 heteroatoms. The number of hydrogen-bond donors (Lipinski definition) is 0. The van der Waals surface area contributed by atoms with Crippen molar-refractivity contribution >= 4 is 34.3 Å². The van der Waals surface area contributed by atoms with Gasteiger partial charge in [-0.2, -0.15) is 0 Å². The van der Waals surface area contributed by atoms with Crippen LogP contribution in [0.5, 0.6) is 0 Å². The van der Waals surface area contributed by atoms with Gasteiger partial charge < -0.3 is 14.1 Å². The minimum atomic E-state index is -0.635. The summed E-state index contributed by atoms with van der Waals surface area (Å²) in [5.41, 5.74) is -0.356. The molecule has 152 valence electrons. The molecule has 4 heterocycles. The maximum atomic E-state index is 13.0. The van der Waals surface area contributed by atoms with Crippen LogP contribution in [0.25, 0.3) is 11.1 Å². The van der Waals surface area contributed by atoms with Crippen molar-refractivity contribution in [2.45, 2.75) is 39.3 Å². The van der Waals surface area contributed by atoms with Crippen molar-refractivity contribution in [2.75, 3.05) is 13.2 Å². The van der Waals surface area contributed by atoms with Gasteiger partial charge in [-0.3, -0.25) is 14.2 Å². The second kappa shape index (κ2) is 7.82. The van der Waals surface area contributed by atoms with E-state index in [1.54, 1.807) is 25.2 Å². The molecule has 1 amide bonds. The van der Waals surface area contributed by atoms with Crippen LogP contribution < -0.4 is 5.56 Å². The molecular weight excluding hydrogens is 394 g/mol. The molecule has 1 aliphatic heterocycles. The second-order valence-corrected chi connectivity index (χ2v) is 7.85. The molecule has 1 fully saturated rings. The first kappa shape index (κ1) is 19.4. The lowest BCUT2D eigenvalue weighted by Gasteiger charge is -2.24. The highest BCUT2D eigenvalue weighted by Gasteiger charge is 2.31. The van der Waals surface area contributed by atoms with Gasteiger partial charge in [0.05, 0.1) is 12.6 Å². The summed E-state index contributed by atoms with van der Waals surface area (Å²) in [7, 11) is 0. The predicted octanol–water partition coefficient (Wildman–Crippen LogP) is 2.90. The Hall–Kier alpha value is -2.94. The van der Waals surface area contributed by atoms with Gasteiger partial charge in [-0.15, -0.1) is 11.3 Å². The van der Waals surface area contributed by atoms with E-state index in [-0.39, 0.29) is 47.5 Å². The lowest BCUT2D eigenvalue weighted by Crippen LogP contribution is -2.36. The number of hydrogen-bond acceptors (Lipinski definition) is 7. The smallest absolute Gasteiger partial charge is 0.342 e. The van der Waals surface area contributed by atoms with E-state index in [1.165, 1.54) is 10.9 Å². The van der Waals surface area contributed by atoms with Gasteiger partial charge in [-0.05, 0) is 38.1 Å². The first-order chi connectivity index (χ1) is 14.0. The molecule has 1 atom stereocenters. The molecule has 0 aliphatic carbocycles. The number of aromatic nitrogens is 2. The summed E-state index contributed by atoms with van der Waals surface area (Å²) < 4.78 is 11.7. The SMILES string of the molecule is CCOC(=O)c1c(C)oc2ncn(CC(=O)N3CCCC3c3cccs3)c(=O)c12. The summed E-state index contributed by atoms with van der Waals surface area (Å²) in [6.45, 7) is 3.96. The number of amides is 1. The van der Waals surface area contributed by atoms with E-state index >= 15 is 0 Å². The highest BCUT2D eigenvalue weighted by Crippen LogP contribution is 2.34. The van der Waals surface area contributed by atoms with Crippen LogP contribution in [0.15, 0.2) is 33.1 Å². The molecule has 0 aromatic carbocycles. The third kappa shape index (κ3) is 3.46. The predicted molar refractivity (Wildman–Crippen MR) is 107 cm³/mol. The molecule has 8 nitrogen and oxygen atoms in total. The fraction of sp³-hybridized carbons (Fsp3) is 0.400. The fourth-order valence-corrected chi connectivity index (χ4v) is 4.65. The van der Waals surface area contributed by atoms with Crippen LogP contribution in [-0.2, 0) is 16.1 Å². The van der Waals surface area contributed by atoms with Crippen molar-refractivity contribution in [3.63, 3.8) is 0 Å². The van der Waals surface area contributed by atoms with Gasteiger partial charge in [-0.25, -0.2) is 9.78 Å². The summed E-state index contributed by atoms with van der Waals surface area (Å²) in [5.74, 6) is -0.518. The number of carbonyl (C=O) groups excluding carboxylic acids is 2. The number of thiophene rings is 1. The molecule has 1 saturated heterocycles. The molecule has 0 radical (unpaired) electrons.